The Labute approximate surface area is 232 Å². The molecule has 0 aliphatic carbocycles. The van der Waals surface area contributed by atoms with Crippen LogP contribution in [0.15, 0.2) is 17.9 Å². The minimum absolute atomic E-state index is 0.104. The maximum absolute atomic E-state index is 9.80. The lowest BCUT2D eigenvalue weighted by Gasteiger charge is -2.24. The standard InChI is InChI=1S/C22H24Br4Cl2O4/c1-9-17(23)15(18(24)10(2)21(9)31-7-13(29)5-27)16-19(25)11(3)22(12(4)20(16)26)32-8-14(30)6-28/h13-14,29-30H,5-8H2,1-4H3. The van der Waals surface area contributed by atoms with Crippen LogP contribution >= 0.6 is 86.9 Å². The Morgan fingerprint density at radius 2 is 0.875 bits per heavy atom. The highest BCUT2D eigenvalue weighted by Gasteiger charge is 2.26. The summed E-state index contributed by atoms with van der Waals surface area (Å²) in [5.74, 6) is 1.58. The summed E-state index contributed by atoms with van der Waals surface area (Å²) in [5.41, 5.74) is 5.51. The molecular formula is C22H24Br4Cl2O4. The average Bonchev–Trinajstić information content (AvgIpc) is 2.78. The van der Waals surface area contributed by atoms with E-state index < -0.39 is 12.2 Å². The van der Waals surface area contributed by atoms with Crippen molar-refractivity contribution >= 4 is 86.9 Å². The highest BCUT2D eigenvalue weighted by atomic mass is 79.9. The number of aliphatic hydroxyl groups is 2. The molecule has 32 heavy (non-hydrogen) atoms. The van der Waals surface area contributed by atoms with E-state index in [1.807, 2.05) is 27.7 Å². The van der Waals surface area contributed by atoms with Gasteiger partial charge >= 0.3 is 0 Å². The molecule has 0 fully saturated rings. The van der Waals surface area contributed by atoms with E-state index >= 15 is 0 Å². The molecule has 10 heteroatoms. The summed E-state index contributed by atoms with van der Waals surface area (Å²) >= 11 is 26.4. The Kier molecular flexibility index (Phi) is 11.1. The zero-order valence-electron chi connectivity index (χ0n) is 18.0. The normalized spacial score (nSPS) is 13.2. The van der Waals surface area contributed by atoms with Crippen molar-refractivity contribution in [2.75, 3.05) is 25.0 Å². The Hall–Kier alpha value is 0.460. The van der Waals surface area contributed by atoms with Crippen molar-refractivity contribution in [2.45, 2.75) is 39.9 Å². The summed E-state index contributed by atoms with van der Waals surface area (Å²) < 4.78 is 15.2. The van der Waals surface area contributed by atoms with E-state index in [1.54, 1.807) is 0 Å². The Morgan fingerprint density at radius 3 is 1.09 bits per heavy atom. The Bertz CT molecular complexity index is 863. The lowest BCUT2D eigenvalue weighted by Crippen LogP contribution is -2.20. The van der Waals surface area contributed by atoms with E-state index in [4.69, 9.17) is 32.7 Å². The summed E-state index contributed by atoms with van der Waals surface area (Å²) in [5, 5.41) is 19.6. The number of benzene rings is 2. The molecule has 2 rings (SSSR count). The van der Waals surface area contributed by atoms with Gasteiger partial charge in [0, 0.05) is 51.3 Å². The van der Waals surface area contributed by atoms with Crippen LogP contribution in [0.5, 0.6) is 11.5 Å². The summed E-state index contributed by atoms with van der Waals surface area (Å²) in [4.78, 5) is 0. The van der Waals surface area contributed by atoms with Crippen molar-refractivity contribution in [2.24, 2.45) is 0 Å². The molecule has 0 spiro atoms. The molecule has 178 valence electrons. The summed E-state index contributed by atoms with van der Waals surface area (Å²) in [6.45, 7) is 8.05. The van der Waals surface area contributed by atoms with Gasteiger partial charge in [0.1, 0.15) is 36.9 Å². The third kappa shape index (κ3) is 5.99. The van der Waals surface area contributed by atoms with Gasteiger partial charge in [-0.2, -0.15) is 0 Å². The maximum Gasteiger partial charge on any atom is 0.127 e. The largest absolute Gasteiger partial charge is 0.490 e. The highest BCUT2D eigenvalue weighted by molar-refractivity contribution is 9.11. The summed E-state index contributed by atoms with van der Waals surface area (Å²) in [6.07, 6.45) is -1.49. The molecule has 0 amide bonds. The number of alkyl halides is 2. The van der Waals surface area contributed by atoms with Crippen LogP contribution in [0, 0.1) is 27.7 Å². The monoisotopic (exact) mass is 738 g/mol. The molecule has 0 saturated heterocycles. The number of hydrogen-bond acceptors (Lipinski definition) is 4. The van der Waals surface area contributed by atoms with Crippen molar-refractivity contribution in [3.63, 3.8) is 0 Å². The highest BCUT2D eigenvalue weighted by Crippen LogP contribution is 2.52. The average molecular weight is 743 g/mol. The molecule has 0 radical (unpaired) electrons. The third-order valence-corrected chi connectivity index (χ3v) is 9.68. The number of hydrogen-bond donors (Lipinski definition) is 2. The van der Waals surface area contributed by atoms with Crippen LogP contribution in [0.25, 0.3) is 11.1 Å². The summed E-state index contributed by atoms with van der Waals surface area (Å²) in [6, 6.07) is 0. The SMILES string of the molecule is Cc1c(Br)c(-c2c(Br)c(C)c(OCC(O)CCl)c(C)c2Br)c(Br)c(C)c1OCC(O)CCl. The molecule has 2 atom stereocenters. The van der Waals surface area contributed by atoms with Crippen molar-refractivity contribution < 1.29 is 19.7 Å². The molecule has 0 aliphatic rings. The van der Waals surface area contributed by atoms with Crippen LogP contribution < -0.4 is 9.47 Å². The molecule has 2 unspecified atom stereocenters. The van der Waals surface area contributed by atoms with Gasteiger partial charge in [-0.25, -0.2) is 0 Å². The first kappa shape index (κ1) is 28.7. The van der Waals surface area contributed by atoms with Crippen LogP contribution in [-0.4, -0.2) is 47.4 Å². The Balaban J connectivity index is 2.65. The molecule has 0 saturated carbocycles. The first-order valence-corrected chi connectivity index (χ1v) is 13.9. The van der Waals surface area contributed by atoms with Gasteiger partial charge in [0.05, 0.1) is 11.8 Å². The molecule has 0 bridgehead atoms. The molecule has 0 aromatic heterocycles. The number of aliphatic hydroxyl groups excluding tert-OH is 2. The first-order valence-electron chi connectivity index (χ1n) is 9.68. The number of ether oxygens (including phenoxy) is 2. The number of rotatable bonds is 9. The van der Waals surface area contributed by atoms with E-state index in [0.29, 0.717) is 11.5 Å². The van der Waals surface area contributed by atoms with Gasteiger partial charge in [-0.3, -0.25) is 0 Å². The quantitative estimate of drug-likeness (QED) is 0.260. The first-order chi connectivity index (χ1) is 15.0. The number of halogens is 6. The van der Waals surface area contributed by atoms with Crippen molar-refractivity contribution in [3.8, 4) is 22.6 Å². The Morgan fingerprint density at radius 1 is 0.625 bits per heavy atom. The van der Waals surface area contributed by atoms with E-state index in [0.717, 1.165) is 51.3 Å². The third-order valence-electron chi connectivity index (χ3n) is 5.00. The van der Waals surface area contributed by atoms with Gasteiger partial charge in [-0.1, -0.05) is 0 Å². The van der Waals surface area contributed by atoms with Crippen molar-refractivity contribution in [1.29, 1.82) is 0 Å². The lowest BCUT2D eigenvalue weighted by atomic mass is 9.96. The van der Waals surface area contributed by atoms with Crippen LogP contribution in [0.4, 0.5) is 0 Å². The fourth-order valence-electron chi connectivity index (χ4n) is 3.22. The van der Waals surface area contributed by atoms with Crippen LogP contribution in [0.1, 0.15) is 22.3 Å². The van der Waals surface area contributed by atoms with Gasteiger partial charge in [0.25, 0.3) is 0 Å². The van der Waals surface area contributed by atoms with E-state index in [9.17, 15) is 10.2 Å². The minimum Gasteiger partial charge on any atom is -0.490 e. The second-order valence-corrected chi connectivity index (χ2v) is 11.2. The van der Waals surface area contributed by atoms with Gasteiger partial charge in [0.15, 0.2) is 0 Å². The van der Waals surface area contributed by atoms with Crippen molar-refractivity contribution in [3.05, 3.63) is 40.1 Å². The zero-order chi connectivity index (χ0) is 24.3. The predicted octanol–water partition coefficient (Wildman–Crippen LogP) is 7.59. The molecule has 2 aromatic carbocycles. The minimum atomic E-state index is -0.744. The topological polar surface area (TPSA) is 58.9 Å². The van der Waals surface area contributed by atoms with Crippen LogP contribution in [-0.2, 0) is 0 Å². The molecule has 4 nitrogen and oxygen atoms in total. The zero-order valence-corrected chi connectivity index (χ0v) is 25.8. The van der Waals surface area contributed by atoms with E-state index in [-0.39, 0.29) is 25.0 Å². The molecule has 2 N–H and O–H groups in total. The maximum atomic E-state index is 9.80. The van der Waals surface area contributed by atoms with Gasteiger partial charge in [0.2, 0.25) is 0 Å². The van der Waals surface area contributed by atoms with Gasteiger partial charge < -0.3 is 19.7 Å². The van der Waals surface area contributed by atoms with E-state index in [1.165, 1.54) is 0 Å². The molecule has 2 aromatic rings. The second-order valence-electron chi connectivity index (χ2n) is 7.40. The van der Waals surface area contributed by atoms with Crippen LogP contribution in [0.3, 0.4) is 0 Å². The van der Waals surface area contributed by atoms with Gasteiger partial charge in [-0.15, -0.1) is 23.2 Å². The van der Waals surface area contributed by atoms with Crippen LogP contribution in [0.2, 0.25) is 0 Å². The molecular weight excluding hydrogens is 719 g/mol. The molecule has 0 heterocycles. The smallest absolute Gasteiger partial charge is 0.127 e. The lowest BCUT2D eigenvalue weighted by molar-refractivity contribution is 0.124. The van der Waals surface area contributed by atoms with Gasteiger partial charge in [-0.05, 0) is 91.4 Å². The second kappa shape index (κ2) is 12.4. The van der Waals surface area contributed by atoms with E-state index in [2.05, 4.69) is 63.7 Å². The fraction of sp³-hybridized carbons (Fsp3) is 0.455. The molecule has 0 aliphatic heterocycles. The fourth-order valence-corrected chi connectivity index (χ4v) is 6.24. The van der Waals surface area contributed by atoms with Crippen molar-refractivity contribution in [1.82, 2.24) is 0 Å². The summed E-state index contributed by atoms with van der Waals surface area (Å²) in [7, 11) is 0. The predicted molar refractivity (Wildman–Crippen MR) is 146 cm³/mol.